The minimum absolute atomic E-state index is 0.0253. The third kappa shape index (κ3) is 3.05. The number of hydrazine groups is 1. The summed E-state index contributed by atoms with van der Waals surface area (Å²) >= 11 is 3.60. The number of rotatable bonds is 4. The average molecular weight is 345 g/mol. The molecule has 1 fully saturated rings. The lowest BCUT2D eigenvalue weighted by molar-refractivity contribution is 0.419. The first kappa shape index (κ1) is 14.8. The van der Waals surface area contributed by atoms with E-state index in [1.807, 2.05) is 0 Å². The Morgan fingerprint density at radius 2 is 1.76 bits per heavy atom. The average Bonchev–Trinajstić information content (AvgIpc) is 2.43. The molecule has 0 heterocycles. The van der Waals surface area contributed by atoms with Crippen molar-refractivity contribution in [3.8, 4) is 0 Å². The van der Waals surface area contributed by atoms with E-state index in [1.165, 1.54) is 41.5 Å². The molecule has 0 saturated heterocycles. The van der Waals surface area contributed by atoms with Gasteiger partial charge in [-0.1, -0.05) is 58.7 Å². The van der Waals surface area contributed by atoms with E-state index in [-0.39, 0.29) is 6.04 Å². The molecule has 0 aromatic heterocycles. The predicted molar refractivity (Wildman–Crippen MR) is 91.1 cm³/mol. The Morgan fingerprint density at radius 1 is 1.10 bits per heavy atom. The quantitative estimate of drug-likeness (QED) is 0.629. The van der Waals surface area contributed by atoms with Gasteiger partial charge in [0.05, 0.1) is 6.04 Å². The van der Waals surface area contributed by atoms with Gasteiger partial charge in [0.15, 0.2) is 0 Å². The fourth-order valence-electron chi connectivity index (χ4n) is 2.88. The van der Waals surface area contributed by atoms with Gasteiger partial charge in [0.1, 0.15) is 0 Å². The molecule has 1 atom stereocenters. The Kier molecular flexibility index (Phi) is 4.43. The highest BCUT2D eigenvalue weighted by Crippen LogP contribution is 2.37. The zero-order chi connectivity index (χ0) is 14.8. The molecule has 1 unspecified atom stereocenters. The summed E-state index contributed by atoms with van der Waals surface area (Å²) in [7, 11) is 0. The Balaban J connectivity index is 1.86. The molecular weight excluding hydrogens is 324 g/mol. The molecule has 2 nitrogen and oxygen atoms in total. The Morgan fingerprint density at radius 3 is 2.29 bits per heavy atom. The summed E-state index contributed by atoms with van der Waals surface area (Å²) in [4.78, 5) is 0. The van der Waals surface area contributed by atoms with Gasteiger partial charge in [0.2, 0.25) is 0 Å². The van der Waals surface area contributed by atoms with Crippen molar-refractivity contribution >= 4 is 15.9 Å². The van der Waals surface area contributed by atoms with E-state index in [4.69, 9.17) is 5.84 Å². The summed E-state index contributed by atoms with van der Waals surface area (Å²) in [6, 6.07) is 15.3. The SMILES string of the molecule is Cc1ccc(C(NN)c2ccc(C3CCC3)cc2)cc1Br. The number of halogens is 1. The summed E-state index contributed by atoms with van der Waals surface area (Å²) in [5.74, 6) is 6.57. The van der Waals surface area contributed by atoms with E-state index in [1.54, 1.807) is 0 Å². The number of nitrogens with two attached hydrogens (primary N) is 1. The van der Waals surface area contributed by atoms with Crippen LogP contribution >= 0.6 is 15.9 Å². The van der Waals surface area contributed by atoms with E-state index in [0.717, 1.165) is 10.4 Å². The van der Waals surface area contributed by atoms with Crippen molar-refractivity contribution in [3.63, 3.8) is 0 Å². The molecule has 1 saturated carbocycles. The van der Waals surface area contributed by atoms with Crippen LogP contribution in [-0.4, -0.2) is 0 Å². The van der Waals surface area contributed by atoms with Gasteiger partial charge in [0, 0.05) is 4.47 Å². The monoisotopic (exact) mass is 344 g/mol. The summed E-state index contributed by atoms with van der Waals surface area (Å²) < 4.78 is 1.12. The molecule has 0 radical (unpaired) electrons. The molecule has 0 aliphatic heterocycles. The first-order valence-electron chi connectivity index (χ1n) is 7.51. The van der Waals surface area contributed by atoms with Crippen LogP contribution in [0.2, 0.25) is 0 Å². The molecule has 3 rings (SSSR count). The minimum Gasteiger partial charge on any atom is -0.271 e. The molecular formula is C18H21BrN2. The van der Waals surface area contributed by atoms with Crippen LogP contribution < -0.4 is 11.3 Å². The van der Waals surface area contributed by atoms with Gasteiger partial charge in [-0.05, 0) is 54.0 Å². The van der Waals surface area contributed by atoms with Gasteiger partial charge >= 0.3 is 0 Å². The van der Waals surface area contributed by atoms with E-state index in [9.17, 15) is 0 Å². The lowest BCUT2D eigenvalue weighted by Crippen LogP contribution is -2.28. The number of hydrogen-bond acceptors (Lipinski definition) is 2. The zero-order valence-corrected chi connectivity index (χ0v) is 13.9. The highest BCUT2D eigenvalue weighted by atomic mass is 79.9. The maximum Gasteiger partial charge on any atom is 0.0710 e. The second kappa shape index (κ2) is 6.30. The van der Waals surface area contributed by atoms with Gasteiger partial charge in [-0.25, -0.2) is 5.43 Å². The molecule has 3 N–H and O–H groups in total. The van der Waals surface area contributed by atoms with Crippen molar-refractivity contribution in [1.82, 2.24) is 5.43 Å². The topological polar surface area (TPSA) is 38.0 Å². The molecule has 2 aromatic carbocycles. The highest BCUT2D eigenvalue weighted by Gasteiger charge is 2.20. The lowest BCUT2D eigenvalue weighted by Gasteiger charge is -2.26. The summed E-state index contributed by atoms with van der Waals surface area (Å²) in [5, 5.41) is 0. The fourth-order valence-corrected chi connectivity index (χ4v) is 3.27. The standard InChI is InChI=1S/C18H21BrN2/c1-12-5-6-16(11-17(12)19)18(21-20)15-9-7-14(8-10-15)13-3-2-4-13/h5-11,13,18,21H,2-4,20H2,1H3. The van der Waals surface area contributed by atoms with Gasteiger partial charge in [-0.2, -0.15) is 0 Å². The molecule has 2 aromatic rings. The summed E-state index contributed by atoms with van der Waals surface area (Å²) in [6.45, 7) is 2.09. The van der Waals surface area contributed by atoms with Crippen molar-refractivity contribution in [2.45, 2.75) is 38.1 Å². The minimum atomic E-state index is 0.0253. The van der Waals surface area contributed by atoms with Crippen LogP contribution in [0.4, 0.5) is 0 Å². The van der Waals surface area contributed by atoms with Crippen LogP contribution in [0.25, 0.3) is 0 Å². The van der Waals surface area contributed by atoms with E-state index in [0.29, 0.717) is 0 Å². The van der Waals surface area contributed by atoms with Crippen molar-refractivity contribution in [1.29, 1.82) is 0 Å². The van der Waals surface area contributed by atoms with Crippen LogP contribution in [0.1, 0.15) is 53.5 Å². The first-order chi connectivity index (χ1) is 10.2. The van der Waals surface area contributed by atoms with Crippen molar-refractivity contribution in [2.75, 3.05) is 0 Å². The van der Waals surface area contributed by atoms with E-state index >= 15 is 0 Å². The molecule has 21 heavy (non-hydrogen) atoms. The second-order valence-corrected chi connectivity index (χ2v) is 6.76. The maximum absolute atomic E-state index is 5.79. The highest BCUT2D eigenvalue weighted by molar-refractivity contribution is 9.10. The Hall–Kier alpha value is -1.16. The van der Waals surface area contributed by atoms with Gasteiger partial charge < -0.3 is 0 Å². The van der Waals surface area contributed by atoms with Gasteiger partial charge in [-0.15, -0.1) is 0 Å². The molecule has 0 amide bonds. The van der Waals surface area contributed by atoms with E-state index < -0.39 is 0 Å². The molecule has 0 bridgehead atoms. The first-order valence-corrected chi connectivity index (χ1v) is 8.30. The second-order valence-electron chi connectivity index (χ2n) is 5.90. The van der Waals surface area contributed by atoms with Crippen LogP contribution in [0.5, 0.6) is 0 Å². The predicted octanol–water partition coefficient (Wildman–Crippen LogP) is 4.58. The smallest absolute Gasteiger partial charge is 0.0710 e. The summed E-state index contributed by atoms with van der Waals surface area (Å²) in [6.07, 6.45) is 4.04. The third-order valence-electron chi connectivity index (χ3n) is 4.54. The fraction of sp³-hybridized carbons (Fsp3) is 0.333. The lowest BCUT2D eigenvalue weighted by atomic mass is 9.79. The Bertz CT molecular complexity index is 618. The molecule has 1 aliphatic rings. The Labute approximate surface area is 134 Å². The van der Waals surface area contributed by atoms with Crippen molar-refractivity contribution < 1.29 is 0 Å². The van der Waals surface area contributed by atoms with Gasteiger partial charge in [0.25, 0.3) is 0 Å². The van der Waals surface area contributed by atoms with Gasteiger partial charge in [-0.3, -0.25) is 5.84 Å². The summed E-state index contributed by atoms with van der Waals surface area (Å²) in [5.41, 5.74) is 8.01. The third-order valence-corrected chi connectivity index (χ3v) is 5.40. The largest absolute Gasteiger partial charge is 0.271 e. The number of hydrogen-bond donors (Lipinski definition) is 2. The maximum atomic E-state index is 5.79. The zero-order valence-electron chi connectivity index (χ0n) is 12.3. The number of aryl methyl sites for hydroxylation is 1. The van der Waals surface area contributed by atoms with E-state index in [2.05, 4.69) is 70.7 Å². The number of nitrogens with one attached hydrogen (secondary N) is 1. The normalized spacial score (nSPS) is 16.5. The van der Waals surface area contributed by atoms with Crippen molar-refractivity contribution in [2.24, 2.45) is 5.84 Å². The number of benzene rings is 2. The molecule has 110 valence electrons. The molecule has 3 heteroatoms. The van der Waals surface area contributed by atoms with Crippen molar-refractivity contribution in [3.05, 3.63) is 69.2 Å². The van der Waals surface area contributed by atoms with Crippen LogP contribution in [0.3, 0.4) is 0 Å². The van der Waals surface area contributed by atoms with Crippen LogP contribution in [-0.2, 0) is 0 Å². The molecule has 0 spiro atoms. The molecule has 1 aliphatic carbocycles. The van der Waals surface area contributed by atoms with Crippen LogP contribution in [0, 0.1) is 6.92 Å². The van der Waals surface area contributed by atoms with Crippen LogP contribution in [0.15, 0.2) is 46.9 Å².